The zero-order valence-electron chi connectivity index (χ0n) is 11.2. The molecule has 0 aliphatic carbocycles. The van der Waals surface area contributed by atoms with Crippen molar-refractivity contribution in [1.82, 2.24) is 10.2 Å². The predicted molar refractivity (Wildman–Crippen MR) is 74.8 cm³/mol. The van der Waals surface area contributed by atoms with Crippen LogP contribution in [0.4, 0.5) is 0 Å². The average Bonchev–Trinajstić information content (AvgIpc) is 2.74. The molecule has 0 aromatic carbocycles. The second-order valence-electron chi connectivity index (χ2n) is 4.12. The van der Waals surface area contributed by atoms with Gasteiger partial charge in [0.05, 0.1) is 6.61 Å². The molecular weight excluding hydrogens is 232 g/mol. The van der Waals surface area contributed by atoms with Crippen molar-refractivity contribution in [1.29, 1.82) is 0 Å². The summed E-state index contributed by atoms with van der Waals surface area (Å²) < 4.78 is 5.09. The molecule has 1 rings (SSSR count). The number of nitrogens with zero attached hydrogens (tertiary/aromatic N) is 1. The van der Waals surface area contributed by atoms with Crippen molar-refractivity contribution in [3.8, 4) is 0 Å². The van der Waals surface area contributed by atoms with Crippen molar-refractivity contribution in [2.45, 2.75) is 20.4 Å². The maximum absolute atomic E-state index is 5.09. The molecule has 0 bridgehead atoms. The summed E-state index contributed by atoms with van der Waals surface area (Å²) in [7, 11) is 1.76. The van der Waals surface area contributed by atoms with Gasteiger partial charge in [-0.05, 0) is 25.6 Å². The molecular formula is C13H24N2OS. The highest BCUT2D eigenvalue weighted by Crippen LogP contribution is 2.14. The Hall–Kier alpha value is -0.420. The van der Waals surface area contributed by atoms with E-state index >= 15 is 0 Å². The van der Waals surface area contributed by atoms with Gasteiger partial charge >= 0.3 is 0 Å². The van der Waals surface area contributed by atoms with E-state index in [0.29, 0.717) is 0 Å². The quantitative estimate of drug-likeness (QED) is 0.685. The van der Waals surface area contributed by atoms with Crippen LogP contribution in [0.5, 0.6) is 0 Å². The van der Waals surface area contributed by atoms with Gasteiger partial charge in [-0.1, -0.05) is 6.92 Å². The van der Waals surface area contributed by atoms with E-state index in [1.807, 2.05) is 11.3 Å². The fraction of sp³-hybridized carbons (Fsp3) is 0.692. The number of rotatable bonds is 9. The Morgan fingerprint density at radius 3 is 2.76 bits per heavy atom. The van der Waals surface area contributed by atoms with Crippen LogP contribution in [0.25, 0.3) is 0 Å². The fourth-order valence-corrected chi connectivity index (χ4v) is 2.54. The van der Waals surface area contributed by atoms with Gasteiger partial charge in [-0.25, -0.2) is 0 Å². The lowest BCUT2D eigenvalue weighted by atomic mass is 10.4. The first-order valence-corrected chi connectivity index (χ1v) is 7.05. The van der Waals surface area contributed by atoms with Crippen LogP contribution in [0.15, 0.2) is 12.1 Å². The van der Waals surface area contributed by atoms with Crippen LogP contribution in [0, 0.1) is 6.92 Å². The number of hydrogen-bond donors (Lipinski definition) is 1. The topological polar surface area (TPSA) is 24.5 Å². The van der Waals surface area contributed by atoms with E-state index in [-0.39, 0.29) is 0 Å². The molecule has 3 nitrogen and oxygen atoms in total. The number of likely N-dealkylation sites (N-methyl/N-ethyl adjacent to an activating group) is 1. The number of thiophene rings is 1. The Kier molecular flexibility index (Phi) is 7.44. The van der Waals surface area contributed by atoms with Gasteiger partial charge in [-0.15, -0.1) is 11.3 Å². The maximum Gasteiger partial charge on any atom is 0.0589 e. The van der Waals surface area contributed by atoms with E-state index in [1.165, 1.54) is 9.75 Å². The molecule has 0 fully saturated rings. The van der Waals surface area contributed by atoms with Crippen molar-refractivity contribution in [2.75, 3.05) is 39.9 Å². The third-order valence-corrected chi connectivity index (χ3v) is 3.76. The molecule has 0 aliphatic heterocycles. The van der Waals surface area contributed by atoms with Crippen LogP contribution in [0.1, 0.15) is 16.7 Å². The first-order valence-electron chi connectivity index (χ1n) is 6.23. The lowest BCUT2D eigenvalue weighted by Crippen LogP contribution is -2.34. The Morgan fingerprint density at radius 2 is 2.18 bits per heavy atom. The number of ether oxygens (including phenoxy) is 1. The summed E-state index contributed by atoms with van der Waals surface area (Å²) in [6, 6.07) is 4.38. The van der Waals surface area contributed by atoms with E-state index < -0.39 is 0 Å². The van der Waals surface area contributed by atoms with Crippen molar-refractivity contribution < 1.29 is 4.74 Å². The molecule has 0 atom stereocenters. The smallest absolute Gasteiger partial charge is 0.0589 e. The fourth-order valence-electron chi connectivity index (χ4n) is 1.68. The van der Waals surface area contributed by atoms with Gasteiger partial charge in [0.25, 0.3) is 0 Å². The minimum Gasteiger partial charge on any atom is -0.383 e. The van der Waals surface area contributed by atoms with Crippen LogP contribution >= 0.6 is 11.3 Å². The second kappa shape index (κ2) is 8.64. The van der Waals surface area contributed by atoms with E-state index in [9.17, 15) is 0 Å². The van der Waals surface area contributed by atoms with E-state index in [0.717, 1.165) is 39.3 Å². The Bertz CT molecular complexity index is 301. The molecule has 1 N–H and O–H groups in total. The van der Waals surface area contributed by atoms with Gasteiger partial charge < -0.3 is 15.0 Å². The van der Waals surface area contributed by atoms with E-state index in [2.05, 4.69) is 36.2 Å². The Labute approximate surface area is 109 Å². The predicted octanol–water partition coefficient (Wildman–Crippen LogP) is 2.11. The lowest BCUT2D eigenvalue weighted by Gasteiger charge is -2.19. The first-order chi connectivity index (χ1) is 8.26. The van der Waals surface area contributed by atoms with Gasteiger partial charge in [-0.3, -0.25) is 0 Å². The van der Waals surface area contributed by atoms with Gasteiger partial charge in [0.2, 0.25) is 0 Å². The first kappa shape index (κ1) is 14.6. The third-order valence-electron chi connectivity index (χ3n) is 2.76. The Morgan fingerprint density at radius 1 is 1.35 bits per heavy atom. The summed E-state index contributed by atoms with van der Waals surface area (Å²) in [5.41, 5.74) is 0. The molecule has 0 unspecified atom stereocenters. The number of methoxy groups -OCH3 is 1. The highest BCUT2D eigenvalue weighted by atomic mass is 32.1. The molecule has 1 heterocycles. The molecule has 0 spiro atoms. The number of hydrogen-bond acceptors (Lipinski definition) is 4. The lowest BCUT2D eigenvalue weighted by molar-refractivity contribution is 0.151. The summed E-state index contributed by atoms with van der Waals surface area (Å²) in [4.78, 5) is 5.20. The SMILES string of the molecule is CCN(CCNCc1ccc(C)s1)CCOC. The maximum atomic E-state index is 5.09. The van der Waals surface area contributed by atoms with E-state index in [4.69, 9.17) is 4.74 Å². The molecule has 0 amide bonds. The van der Waals surface area contributed by atoms with Crippen molar-refractivity contribution in [3.05, 3.63) is 21.9 Å². The molecule has 98 valence electrons. The van der Waals surface area contributed by atoms with Crippen LogP contribution in [-0.2, 0) is 11.3 Å². The minimum atomic E-state index is 0.817. The second-order valence-corrected chi connectivity index (χ2v) is 5.49. The van der Waals surface area contributed by atoms with Crippen LogP contribution in [-0.4, -0.2) is 44.8 Å². The van der Waals surface area contributed by atoms with Crippen LogP contribution in [0.3, 0.4) is 0 Å². The zero-order valence-corrected chi connectivity index (χ0v) is 12.0. The third kappa shape index (κ3) is 6.17. The molecule has 0 saturated heterocycles. The molecule has 1 aromatic rings. The largest absolute Gasteiger partial charge is 0.383 e. The van der Waals surface area contributed by atoms with Crippen LogP contribution in [0.2, 0.25) is 0 Å². The van der Waals surface area contributed by atoms with Crippen molar-refractivity contribution >= 4 is 11.3 Å². The molecule has 0 saturated carbocycles. The molecule has 0 radical (unpaired) electrons. The summed E-state index contributed by atoms with van der Waals surface area (Å²) >= 11 is 1.87. The number of aryl methyl sites for hydroxylation is 1. The van der Waals surface area contributed by atoms with Crippen molar-refractivity contribution in [2.24, 2.45) is 0 Å². The highest BCUT2D eigenvalue weighted by Gasteiger charge is 2.01. The van der Waals surface area contributed by atoms with Crippen LogP contribution < -0.4 is 5.32 Å². The summed E-state index contributed by atoms with van der Waals surface area (Å²) in [5, 5.41) is 3.48. The summed E-state index contributed by atoms with van der Waals surface area (Å²) in [6.07, 6.45) is 0. The van der Waals surface area contributed by atoms with Gasteiger partial charge in [0.1, 0.15) is 0 Å². The zero-order chi connectivity index (χ0) is 12.5. The highest BCUT2D eigenvalue weighted by molar-refractivity contribution is 7.11. The average molecular weight is 256 g/mol. The standard InChI is InChI=1S/C13H24N2OS/c1-4-15(9-10-16-3)8-7-14-11-13-6-5-12(2)17-13/h5-6,14H,4,7-11H2,1-3H3. The number of nitrogens with one attached hydrogen (secondary N) is 1. The molecule has 17 heavy (non-hydrogen) atoms. The summed E-state index contributed by atoms with van der Waals surface area (Å²) in [5.74, 6) is 0. The normalized spacial score (nSPS) is 11.3. The van der Waals surface area contributed by atoms with Gasteiger partial charge in [0, 0.05) is 43.0 Å². The monoisotopic (exact) mass is 256 g/mol. The van der Waals surface area contributed by atoms with Crippen molar-refractivity contribution in [3.63, 3.8) is 0 Å². The van der Waals surface area contributed by atoms with Gasteiger partial charge in [0.15, 0.2) is 0 Å². The van der Waals surface area contributed by atoms with Gasteiger partial charge in [-0.2, -0.15) is 0 Å². The minimum absolute atomic E-state index is 0.817. The Balaban J connectivity index is 2.09. The molecule has 0 aliphatic rings. The van der Waals surface area contributed by atoms with E-state index in [1.54, 1.807) is 7.11 Å². The molecule has 1 aromatic heterocycles. The molecule has 4 heteroatoms. The summed E-state index contributed by atoms with van der Waals surface area (Å²) in [6.45, 7) is 10.4.